The van der Waals surface area contributed by atoms with Gasteiger partial charge in [-0.1, -0.05) is 31.2 Å². The number of aromatic nitrogens is 1. The summed E-state index contributed by atoms with van der Waals surface area (Å²) < 4.78 is 0. The molecule has 1 amide bonds. The van der Waals surface area contributed by atoms with Crippen LogP contribution in [0.5, 0.6) is 0 Å². The highest BCUT2D eigenvalue weighted by Gasteiger charge is 2.19. The van der Waals surface area contributed by atoms with Gasteiger partial charge in [-0.25, -0.2) is 0 Å². The van der Waals surface area contributed by atoms with Crippen LogP contribution in [0, 0.1) is 19.8 Å². The first-order valence-electron chi connectivity index (χ1n) is 10.1. The predicted molar refractivity (Wildman–Crippen MR) is 112 cm³/mol. The second kappa shape index (κ2) is 8.74. The second-order valence-corrected chi connectivity index (χ2v) is 8.14. The van der Waals surface area contributed by atoms with Crippen molar-refractivity contribution in [2.45, 2.75) is 53.6 Å². The fourth-order valence-electron chi connectivity index (χ4n) is 4.02. The molecule has 0 aliphatic carbocycles. The van der Waals surface area contributed by atoms with Gasteiger partial charge in [-0.2, -0.15) is 0 Å². The molecule has 1 aromatic carbocycles. The van der Waals surface area contributed by atoms with Crippen LogP contribution in [0.3, 0.4) is 0 Å². The van der Waals surface area contributed by atoms with E-state index in [2.05, 4.69) is 46.4 Å². The van der Waals surface area contributed by atoms with Gasteiger partial charge in [0.25, 0.3) is 5.91 Å². The molecule has 2 aromatic rings. The van der Waals surface area contributed by atoms with Crippen LogP contribution < -0.4 is 5.32 Å². The van der Waals surface area contributed by atoms with Crippen LogP contribution in [-0.4, -0.2) is 34.7 Å². The Hall–Kier alpha value is -2.40. The van der Waals surface area contributed by atoms with E-state index in [-0.39, 0.29) is 11.7 Å². The van der Waals surface area contributed by atoms with E-state index in [1.165, 1.54) is 38.4 Å². The van der Waals surface area contributed by atoms with Gasteiger partial charge in [0.2, 0.25) is 0 Å². The molecule has 150 valence electrons. The van der Waals surface area contributed by atoms with Crippen molar-refractivity contribution in [2.75, 3.05) is 13.1 Å². The Kier molecular flexibility index (Phi) is 6.35. The topological polar surface area (TPSA) is 65.2 Å². The van der Waals surface area contributed by atoms with Crippen molar-refractivity contribution >= 4 is 11.7 Å². The number of H-pyrrole nitrogens is 1. The first kappa shape index (κ1) is 20.3. The molecule has 2 heterocycles. The van der Waals surface area contributed by atoms with Gasteiger partial charge >= 0.3 is 0 Å². The molecule has 5 heteroatoms. The maximum absolute atomic E-state index is 12.5. The van der Waals surface area contributed by atoms with E-state index < -0.39 is 0 Å². The largest absolute Gasteiger partial charge is 0.354 e. The molecule has 1 aliphatic heterocycles. The lowest BCUT2D eigenvalue weighted by molar-refractivity contribution is 0.0945. The molecule has 0 atom stereocenters. The summed E-state index contributed by atoms with van der Waals surface area (Å²) in [4.78, 5) is 29.8. The monoisotopic (exact) mass is 381 g/mol. The molecule has 5 nitrogen and oxygen atoms in total. The van der Waals surface area contributed by atoms with Crippen molar-refractivity contribution in [3.05, 3.63) is 57.9 Å². The molecule has 28 heavy (non-hydrogen) atoms. The summed E-state index contributed by atoms with van der Waals surface area (Å²) in [5.41, 5.74) is 4.92. The maximum Gasteiger partial charge on any atom is 0.268 e. The number of carbonyl (C=O) groups is 2. The van der Waals surface area contributed by atoms with Crippen molar-refractivity contribution < 1.29 is 9.59 Å². The summed E-state index contributed by atoms with van der Waals surface area (Å²) in [6.07, 6.45) is 2.57. The third-order valence-electron chi connectivity index (χ3n) is 5.78. The van der Waals surface area contributed by atoms with Crippen LogP contribution in [-0.2, 0) is 13.1 Å². The number of rotatable bonds is 6. The standard InChI is InChI=1S/C23H31N3O2/c1-15-9-11-26(12-10-15)14-20-7-5-19(6-8-20)13-24-23(28)22-16(2)21(18(4)27)17(3)25-22/h5-8,15,25H,9-14H2,1-4H3,(H,24,28). The lowest BCUT2D eigenvalue weighted by atomic mass is 9.99. The Morgan fingerprint density at radius 1 is 1.11 bits per heavy atom. The summed E-state index contributed by atoms with van der Waals surface area (Å²) in [6, 6.07) is 8.46. The average Bonchev–Trinajstić information content (AvgIpc) is 2.97. The number of Topliss-reactive ketones (excluding diaryl/α,β-unsaturated/α-hetero) is 1. The predicted octanol–water partition coefficient (Wildman–Crippen LogP) is 4.00. The van der Waals surface area contributed by atoms with Crippen LogP contribution in [0.1, 0.15) is 69.9 Å². The van der Waals surface area contributed by atoms with Gasteiger partial charge in [-0.3, -0.25) is 14.5 Å². The third-order valence-corrected chi connectivity index (χ3v) is 5.78. The van der Waals surface area contributed by atoms with Crippen LogP contribution in [0.25, 0.3) is 0 Å². The molecule has 0 saturated carbocycles. The fraction of sp³-hybridized carbons (Fsp3) is 0.478. The summed E-state index contributed by atoms with van der Waals surface area (Å²) in [7, 11) is 0. The number of piperidine rings is 1. The van der Waals surface area contributed by atoms with E-state index >= 15 is 0 Å². The Balaban J connectivity index is 1.55. The van der Waals surface area contributed by atoms with Crippen molar-refractivity contribution in [3.8, 4) is 0 Å². The first-order valence-corrected chi connectivity index (χ1v) is 10.1. The Labute approximate surface area is 167 Å². The molecule has 1 aliphatic rings. The molecule has 1 fully saturated rings. The highest BCUT2D eigenvalue weighted by atomic mass is 16.2. The smallest absolute Gasteiger partial charge is 0.268 e. The number of ketones is 1. The number of nitrogens with one attached hydrogen (secondary N) is 2. The van der Waals surface area contributed by atoms with E-state index in [1.807, 2.05) is 13.8 Å². The van der Waals surface area contributed by atoms with E-state index in [0.717, 1.165) is 23.7 Å². The molecule has 2 N–H and O–H groups in total. The third kappa shape index (κ3) is 4.71. The van der Waals surface area contributed by atoms with Crippen LogP contribution >= 0.6 is 0 Å². The molecule has 0 unspecified atom stereocenters. The number of aryl methyl sites for hydroxylation is 1. The van der Waals surface area contributed by atoms with Gasteiger partial charge < -0.3 is 10.3 Å². The van der Waals surface area contributed by atoms with Crippen LogP contribution in [0.4, 0.5) is 0 Å². The lowest BCUT2D eigenvalue weighted by Crippen LogP contribution is -2.32. The number of nitrogens with zero attached hydrogens (tertiary/aromatic N) is 1. The number of benzene rings is 1. The Morgan fingerprint density at radius 3 is 2.29 bits per heavy atom. The zero-order chi connectivity index (χ0) is 20.3. The number of hydrogen-bond acceptors (Lipinski definition) is 3. The normalized spacial score (nSPS) is 15.6. The van der Waals surface area contributed by atoms with Crippen molar-refractivity contribution in [1.29, 1.82) is 0 Å². The summed E-state index contributed by atoms with van der Waals surface area (Å²) >= 11 is 0. The second-order valence-electron chi connectivity index (χ2n) is 8.14. The van der Waals surface area contributed by atoms with Gasteiger partial charge in [0.1, 0.15) is 5.69 Å². The fourth-order valence-corrected chi connectivity index (χ4v) is 4.02. The van der Waals surface area contributed by atoms with Gasteiger partial charge in [-0.15, -0.1) is 0 Å². The van der Waals surface area contributed by atoms with Crippen molar-refractivity contribution in [2.24, 2.45) is 5.92 Å². The molecule has 0 radical (unpaired) electrons. The van der Waals surface area contributed by atoms with E-state index in [4.69, 9.17) is 0 Å². The van der Waals surface area contributed by atoms with Crippen LogP contribution in [0.15, 0.2) is 24.3 Å². The zero-order valence-electron chi connectivity index (χ0n) is 17.4. The van der Waals surface area contributed by atoms with E-state index in [9.17, 15) is 9.59 Å². The summed E-state index contributed by atoms with van der Waals surface area (Å²) in [6.45, 7) is 11.3. The Bertz CT molecular complexity index is 843. The molecule has 0 bridgehead atoms. The summed E-state index contributed by atoms with van der Waals surface area (Å²) in [5, 5.41) is 2.95. The molecular weight excluding hydrogens is 350 g/mol. The average molecular weight is 382 g/mol. The molecule has 1 saturated heterocycles. The van der Waals surface area contributed by atoms with E-state index in [0.29, 0.717) is 23.4 Å². The Morgan fingerprint density at radius 2 is 1.71 bits per heavy atom. The van der Waals surface area contributed by atoms with E-state index in [1.54, 1.807) is 0 Å². The molecule has 1 aromatic heterocycles. The number of amides is 1. The summed E-state index contributed by atoms with van der Waals surface area (Å²) in [5.74, 6) is 0.643. The minimum absolute atomic E-state index is 0.0240. The highest BCUT2D eigenvalue weighted by Crippen LogP contribution is 2.19. The quantitative estimate of drug-likeness (QED) is 0.744. The molecule has 3 rings (SSSR count). The van der Waals surface area contributed by atoms with Gasteiger partial charge in [0, 0.05) is 24.3 Å². The van der Waals surface area contributed by atoms with Crippen molar-refractivity contribution in [3.63, 3.8) is 0 Å². The molecular formula is C23H31N3O2. The minimum Gasteiger partial charge on any atom is -0.354 e. The lowest BCUT2D eigenvalue weighted by Gasteiger charge is -2.30. The minimum atomic E-state index is -0.181. The van der Waals surface area contributed by atoms with Crippen molar-refractivity contribution in [1.82, 2.24) is 15.2 Å². The zero-order valence-corrected chi connectivity index (χ0v) is 17.4. The highest BCUT2D eigenvalue weighted by molar-refractivity contribution is 6.02. The number of carbonyl (C=O) groups excluding carboxylic acids is 2. The number of hydrogen-bond donors (Lipinski definition) is 2. The maximum atomic E-state index is 12.5. The van der Waals surface area contributed by atoms with Gasteiger partial charge in [0.15, 0.2) is 5.78 Å². The first-order chi connectivity index (χ1) is 13.3. The van der Waals surface area contributed by atoms with Crippen LogP contribution in [0.2, 0.25) is 0 Å². The van der Waals surface area contributed by atoms with Gasteiger partial charge in [-0.05, 0) is 69.3 Å². The molecule has 0 spiro atoms. The van der Waals surface area contributed by atoms with Gasteiger partial charge in [0.05, 0.1) is 0 Å². The number of likely N-dealkylation sites (tertiary alicyclic amines) is 1. The SMILES string of the molecule is CC(=O)c1c(C)[nH]c(C(=O)NCc2ccc(CN3CCC(C)CC3)cc2)c1C. The number of aromatic amines is 1.